The molecule has 0 aliphatic rings. The van der Waals surface area contributed by atoms with Gasteiger partial charge in [0.05, 0.1) is 25.0 Å². The lowest BCUT2D eigenvalue weighted by Crippen LogP contribution is -2.10. The van der Waals surface area contributed by atoms with Crippen molar-refractivity contribution in [2.24, 2.45) is 0 Å². The van der Waals surface area contributed by atoms with Crippen LogP contribution in [-0.4, -0.2) is 27.8 Å². The van der Waals surface area contributed by atoms with Crippen LogP contribution < -0.4 is 4.74 Å². The first-order chi connectivity index (χ1) is 12.0. The third-order valence-electron chi connectivity index (χ3n) is 3.64. The lowest BCUT2D eigenvalue weighted by Gasteiger charge is -2.10. The standard InChI is InChI=1S/C19H19N3O3/c1-13-9-14(2)22(21-13)12-15-10-17(11-18(20-15)19(23)24-3)25-16-7-5-4-6-8-16/h4-11H,12H2,1-3H3. The fraction of sp³-hybridized carbons (Fsp3) is 0.211. The van der Waals surface area contributed by atoms with Crippen LogP contribution in [0.3, 0.4) is 0 Å². The van der Waals surface area contributed by atoms with Crippen molar-refractivity contribution >= 4 is 5.97 Å². The van der Waals surface area contributed by atoms with Gasteiger partial charge in [0.15, 0.2) is 5.69 Å². The van der Waals surface area contributed by atoms with E-state index in [2.05, 4.69) is 10.1 Å². The Kier molecular flexibility index (Phi) is 4.79. The van der Waals surface area contributed by atoms with E-state index in [-0.39, 0.29) is 5.69 Å². The molecule has 0 bridgehead atoms. The molecule has 0 saturated heterocycles. The minimum Gasteiger partial charge on any atom is -0.464 e. The number of ether oxygens (including phenoxy) is 2. The fourth-order valence-corrected chi connectivity index (χ4v) is 2.52. The van der Waals surface area contributed by atoms with Crippen LogP contribution in [0.1, 0.15) is 27.6 Å². The lowest BCUT2D eigenvalue weighted by atomic mass is 10.2. The Morgan fingerprint density at radius 3 is 2.48 bits per heavy atom. The summed E-state index contributed by atoms with van der Waals surface area (Å²) in [5.74, 6) is 0.702. The van der Waals surface area contributed by atoms with Crippen molar-refractivity contribution in [2.45, 2.75) is 20.4 Å². The summed E-state index contributed by atoms with van der Waals surface area (Å²) in [7, 11) is 1.33. The maximum absolute atomic E-state index is 11.9. The van der Waals surface area contributed by atoms with Gasteiger partial charge in [-0.1, -0.05) is 18.2 Å². The van der Waals surface area contributed by atoms with Gasteiger partial charge in [-0.2, -0.15) is 5.10 Å². The maximum Gasteiger partial charge on any atom is 0.356 e. The number of hydrogen-bond donors (Lipinski definition) is 0. The molecular weight excluding hydrogens is 318 g/mol. The number of hydrogen-bond acceptors (Lipinski definition) is 5. The van der Waals surface area contributed by atoms with Crippen LogP contribution in [0.4, 0.5) is 0 Å². The number of esters is 1. The number of aryl methyl sites for hydroxylation is 2. The van der Waals surface area contributed by atoms with Crippen LogP contribution >= 0.6 is 0 Å². The smallest absolute Gasteiger partial charge is 0.356 e. The number of carbonyl (C=O) groups is 1. The van der Waals surface area contributed by atoms with E-state index in [9.17, 15) is 4.79 Å². The first-order valence-electron chi connectivity index (χ1n) is 7.88. The molecular formula is C19H19N3O3. The van der Waals surface area contributed by atoms with Crippen molar-refractivity contribution in [3.8, 4) is 11.5 Å². The molecule has 0 aliphatic heterocycles. The third kappa shape index (κ3) is 4.03. The molecule has 2 heterocycles. The molecule has 3 aromatic rings. The highest BCUT2D eigenvalue weighted by molar-refractivity contribution is 5.87. The van der Waals surface area contributed by atoms with E-state index in [4.69, 9.17) is 9.47 Å². The van der Waals surface area contributed by atoms with E-state index in [1.807, 2.05) is 54.9 Å². The molecule has 0 unspecified atom stereocenters. The van der Waals surface area contributed by atoms with Gasteiger partial charge in [-0.05, 0) is 32.0 Å². The molecule has 0 fully saturated rings. The number of aromatic nitrogens is 3. The second-order valence-electron chi connectivity index (χ2n) is 5.67. The molecule has 0 spiro atoms. The number of carbonyl (C=O) groups excluding carboxylic acids is 1. The van der Waals surface area contributed by atoms with Crippen LogP contribution in [0, 0.1) is 13.8 Å². The zero-order chi connectivity index (χ0) is 17.8. The summed E-state index contributed by atoms with van der Waals surface area (Å²) < 4.78 is 12.5. The van der Waals surface area contributed by atoms with Crippen LogP contribution in [0.5, 0.6) is 11.5 Å². The summed E-state index contributed by atoms with van der Waals surface area (Å²) >= 11 is 0. The summed E-state index contributed by atoms with van der Waals surface area (Å²) in [6.45, 7) is 4.35. The summed E-state index contributed by atoms with van der Waals surface area (Å²) in [6.07, 6.45) is 0. The summed E-state index contributed by atoms with van der Waals surface area (Å²) in [6, 6.07) is 14.7. The Morgan fingerprint density at radius 2 is 1.84 bits per heavy atom. The summed E-state index contributed by atoms with van der Waals surface area (Å²) in [5.41, 5.74) is 2.82. The lowest BCUT2D eigenvalue weighted by molar-refractivity contribution is 0.0593. The van der Waals surface area contributed by atoms with Crippen LogP contribution in [0.15, 0.2) is 48.5 Å². The van der Waals surface area contributed by atoms with Gasteiger partial charge < -0.3 is 9.47 Å². The van der Waals surface area contributed by atoms with Crippen LogP contribution in [0.2, 0.25) is 0 Å². The Hall–Kier alpha value is -3.15. The molecule has 0 amide bonds. The summed E-state index contributed by atoms with van der Waals surface area (Å²) in [5, 5.41) is 4.43. The van der Waals surface area contributed by atoms with Gasteiger partial charge in [-0.25, -0.2) is 9.78 Å². The predicted octanol–water partition coefficient (Wildman–Crippen LogP) is 3.52. The van der Waals surface area contributed by atoms with E-state index >= 15 is 0 Å². The van der Waals surface area contributed by atoms with Gasteiger partial charge >= 0.3 is 5.97 Å². The molecule has 0 atom stereocenters. The van der Waals surface area contributed by atoms with Crippen molar-refractivity contribution in [1.29, 1.82) is 0 Å². The molecule has 3 rings (SSSR count). The Balaban J connectivity index is 1.95. The molecule has 128 valence electrons. The minimum absolute atomic E-state index is 0.201. The molecule has 1 aromatic carbocycles. The average molecular weight is 337 g/mol. The van der Waals surface area contributed by atoms with Crippen LogP contribution in [-0.2, 0) is 11.3 Å². The average Bonchev–Trinajstić information content (AvgIpc) is 2.92. The SMILES string of the molecule is COC(=O)c1cc(Oc2ccccc2)cc(Cn2nc(C)cc2C)n1. The number of rotatable bonds is 5. The molecule has 0 saturated carbocycles. The van der Waals surface area contributed by atoms with Gasteiger partial charge in [-0.3, -0.25) is 4.68 Å². The Morgan fingerprint density at radius 1 is 1.08 bits per heavy atom. The highest BCUT2D eigenvalue weighted by Crippen LogP contribution is 2.23. The molecule has 0 radical (unpaired) electrons. The number of methoxy groups -OCH3 is 1. The minimum atomic E-state index is -0.506. The van der Waals surface area contributed by atoms with Crippen molar-refractivity contribution in [2.75, 3.05) is 7.11 Å². The summed E-state index contributed by atoms with van der Waals surface area (Å²) in [4.78, 5) is 16.3. The second-order valence-corrected chi connectivity index (χ2v) is 5.67. The van der Waals surface area contributed by atoms with Crippen molar-refractivity contribution in [3.63, 3.8) is 0 Å². The number of benzene rings is 1. The first kappa shape index (κ1) is 16.7. The monoisotopic (exact) mass is 337 g/mol. The molecule has 0 aliphatic carbocycles. The van der Waals surface area contributed by atoms with E-state index in [1.54, 1.807) is 12.1 Å². The van der Waals surface area contributed by atoms with Gasteiger partial charge in [0.1, 0.15) is 11.5 Å². The van der Waals surface area contributed by atoms with Crippen LogP contribution in [0.25, 0.3) is 0 Å². The molecule has 0 N–H and O–H groups in total. The fourth-order valence-electron chi connectivity index (χ4n) is 2.52. The highest BCUT2D eigenvalue weighted by Gasteiger charge is 2.13. The number of para-hydroxylation sites is 1. The number of pyridine rings is 1. The zero-order valence-electron chi connectivity index (χ0n) is 14.4. The predicted molar refractivity (Wildman–Crippen MR) is 92.9 cm³/mol. The Labute approximate surface area is 146 Å². The van der Waals surface area contributed by atoms with E-state index < -0.39 is 5.97 Å². The van der Waals surface area contributed by atoms with Crippen molar-refractivity contribution in [1.82, 2.24) is 14.8 Å². The normalized spacial score (nSPS) is 10.5. The maximum atomic E-state index is 11.9. The molecule has 6 nitrogen and oxygen atoms in total. The molecule has 25 heavy (non-hydrogen) atoms. The highest BCUT2D eigenvalue weighted by atomic mass is 16.5. The Bertz CT molecular complexity index is 888. The van der Waals surface area contributed by atoms with Gasteiger partial charge in [0, 0.05) is 17.8 Å². The zero-order valence-corrected chi connectivity index (χ0v) is 14.4. The largest absolute Gasteiger partial charge is 0.464 e. The quantitative estimate of drug-likeness (QED) is 0.666. The van der Waals surface area contributed by atoms with E-state index in [0.29, 0.717) is 23.7 Å². The number of nitrogens with zero attached hydrogens (tertiary/aromatic N) is 3. The van der Waals surface area contributed by atoms with E-state index in [0.717, 1.165) is 11.4 Å². The molecule has 2 aromatic heterocycles. The first-order valence-corrected chi connectivity index (χ1v) is 7.88. The molecule has 6 heteroatoms. The van der Waals surface area contributed by atoms with Gasteiger partial charge in [-0.15, -0.1) is 0 Å². The van der Waals surface area contributed by atoms with Gasteiger partial charge in [0.25, 0.3) is 0 Å². The van der Waals surface area contributed by atoms with E-state index in [1.165, 1.54) is 7.11 Å². The van der Waals surface area contributed by atoms with Gasteiger partial charge in [0.2, 0.25) is 0 Å². The van der Waals surface area contributed by atoms with Crippen molar-refractivity contribution in [3.05, 3.63) is 71.3 Å². The second kappa shape index (κ2) is 7.17. The topological polar surface area (TPSA) is 66.2 Å². The third-order valence-corrected chi connectivity index (χ3v) is 3.64. The van der Waals surface area contributed by atoms with Crippen molar-refractivity contribution < 1.29 is 14.3 Å².